The molecule has 4 rings (SSSR count). The van der Waals surface area contributed by atoms with Gasteiger partial charge in [-0.05, 0) is 121 Å². The van der Waals surface area contributed by atoms with Crippen LogP contribution in [0.1, 0.15) is 82.0 Å². The second-order valence-electron chi connectivity index (χ2n) is 11.1. The van der Waals surface area contributed by atoms with Gasteiger partial charge in [0.1, 0.15) is 23.0 Å². The van der Waals surface area contributed by atoms with E-state index < -0.39 is 0 Å². The van der Waals surface area contributed by atoms with Gasteiger partial charge in [-0.3, -0.25) is 0 Å². The Morgan fingerprint density at radius 2 is 0.659 bits per heavy atom. The number of benzene rings is 4. The van der Waals surface area contributed by atoms with Crippen LogP contribution in [0.3, 0.4) is 0 Å². The number of aromatic hydroxyl groups is 4. The first kappa shape index (κ1) is 37.9. The molecule has 0 fully saturated rings. The van der Waals surface area contributed by atoms with E-state index in [4.69, 9.17) is 0 Å². The smallest absolute Gasteiger partial charge is 0.507 e. The standard InChI is InChI=1S/C19H24O2.C17H20O4.2H2O/c1-5-16-10-14(7-12(3)18(16)20)9-15-8-13(4)19(21)17(6-2)11-15;1-10-3-12(6-14(8-18)16(10)20)5-13-4-11(2)17(21)15(7-13)9-19;;/h7-8,10-11,20-21H,5-6,9H2,1-4H3;3-4,6-7,18-21H,5,8-9H2,1-2H3;2*1H2/p+1. The number of rotatable bonds is 8. The molecular formula is C36H49O8+. The number of phenols is 4. The first-order chi connectivity index (χ1) is 19.9. The van der Waals surface area contributed by atoms with E-state index in [-0.39, 0.29) is 37.1 Å². The quantitative estimate of drug-likeness (QED) is 0.160. The van der Waals surface area contributed by atoms with E-state index in [0.717, 1.165) is 63.8 Å². The minimum atomic E-state index is -0.211. The van der Waals surface area contributed by atoms with Crippen LogP contribution in [0.5, 0.6) is 23.0 Å². The number of hydrogen-bond donors (Lipinski definition) is 6. The summed E-state index contributed by atoms with van der Waals surface area (Å²) in [6.45, 7) is 11.2. The van der Waals surface area contributed by atoms with E-state index in [1.807, 2.05) is 38.1 Å². The maximum Gasteiger partial charge on any atom is 1.00 e. The molecular weight excluding hydrogens is 560 g/mol. The number of aryl methyl sites for hydroxylation is 6. The average Bonchev–Trinajstić information content (AvgIpc) is 2.96. The van der Waals surface area contributed by atoms with E-state index in [2.05, 4.69) is 26.0 Å². The Kier molecular flexibility index (Phi) is 14.4. The predicted octanol–water partition coefficient (Wildman–Crippen LogP) is 5.18. The van der Waals surface area contributed by atoms with Crippen LogP contribution >= 0.6 is 0 Å². The van der Waals surface area contributed by atoms with Gasteiger partial charge in [-0.15, -0.1) is 0 Å². The van der Waals surface area contributed by atoms with Crippen LogP contribution in [0.25, 0.3) is 0 Å². The van der Waals surface area contributed by atoms with E-state index >= 15 is 0 Å². The molecule has 8 nitrogen and oxygen atoms in total. The number of aliphatic hydroxyl groups excluding tert-OH is 2. The largest absolute Gasteiger partial charge is 1.00 e. The van der Waals surface area contributed by atoms with Gasteiger partial charge < -0.3 is 41.6 Å². The van der Waals surface area contributed by atoms with Crippen molar-refractivity contribution in [3.8, 4) is 23.0 Å². The van der Waals surface area contributed by atoms with Gasteiger partial charge in [-0.1, -0.05) is 50.2 Å². The van der Waals surface area contributed by atoms with Gasteiger partial charge in [0, 0.05) is 11.1 Å². The summed E-state index contributed by atoms with van der Waals surface area (Å²) in [5, 5.41) is 58.2. The molecule has 0 unspecified atom stereocenters. The molecule has 0 aliphatic rings. The maximum atomic E-state index is 10.0. The van der Waals surface area contributed by atoms with Gasteiger partial charge in [0.15, 0.2) is 0 Å². The van der Waals surface area contributed by atoms with Crippen molar-refractivity contribution in [1.29, 1.82) is 0 Å². The van der Waals surface area contributed by atoms with Gasteiger partial charge in [-0.2, -0.15) is 0 Å². The molecule has 0 bridgehead atoms. The van der Waals surface area contributed by atoms with Gasteiger partial charge in [-0.25, -0.2) is 0 Å². The van der Waals surface area contributed by atoms with Gasteiger partial charge in [0.25, 0.3) is 0 Å². The van der Waals surface area contributed by atoms with Crippen LogP contribution in [-0.4, -0.2) is 41.6 Å². The third-order valence-electron chi connectivity index (χ3n) is 7.68. The lowest BCUT2D eigenvalue weighted by Crippen LogP contribution is -1.97. The molecule has 4 aromatic carbocycles. The Morgan fingerprint density at radius 3 is 0.886 bits per heavy atom. The first-order valence-electron chi connectivity index (χ1n) is 14.4. The summed E-state index contributed by atoms with van der Waals surface area (Å²) < 4.78 is 0. The average molecular weight is 610 g/mol. The van der Waals surface area contributed by atoms with E-state index in [1.54, 1.807) is 26.0 Å². The topological polar surface area (TPSA) is 184 Å². The molecule has 8 heteroatoms. The van der Waals surface area contributed by atoms with Gasteiger partial charge >= 0.3 is 1.43 Å². The number of aliphatic hydroxyl groups is 2. The Balaban J connectivity index is 0.000000807. The Hall–Kier alpha value is -4.08. The lowest BCUT2D eigenvalue weighted by molar-refractivity contribution is 0.275. The van der Waals surface area contributed by atoms with E-state index in [0.29, 0.717) is 29.0 Å². The van der Waals surface area contributed by atoms with Crippen molar-refractivity contribution in [3.63, 3.8) is 0 Å². The minimum Gasteiger partial charge on any atom is -0.507 e. The molecule has 0 aliphatic heterocycles. The Bertz CT molecular complexity index is 1330. The summed E-state index contributed by atoms with van der Waals surface area (Å²) in [5.41, 5.74) is 10.6. The Morgan fingerprint density at radius 1 is 0.432 bits per heavy atom. The molecule has 0 aliphatic carbocycles. The molecule has 0 aromatic heterocycles. The zero-order valence-corrected chi connectivity index (χ0v) is 26.5. The third kappa shape index (κ3) is 8.97. The second kappa shape index (κ2) is 16.7. The highest BCUT2D eigenvalue weighted by Gasteiger charge is 2.11. The molecule has 0 radical (unpaired) electrons. The predicted molar refractivity (Wildman–Crippen MR) is 176 cm³/mol. The highest BCUT2D eigenvalue weighted by Crippen LogP contribution is 2.30. The van der Waals surface area contributed by atoms with Crippen LogP contribution in [-0.2, 0) is 38.9 Å². The summed E-state index contributed by atoms with van der Waals surface area (Å²) in [7, 11) is 0. The highest BCUT2D eigenvalue weighted by atomic mass is 16.3. The molecule has 0 amide bonds. The molecule has 0 heterocycles. The van der Waals surface area contributed by atoms with Crippen molar-refractivity contribution in [2.24, 2.45) is 0 Å². The van der Waals surface area contributed by atoms with Crippen LogP contribution < -0.4 is 0 Å². The number of hydrogen-bond acceptors (Lipinski definition) is 6. The molecule has 4 aromatic rings. The third-order valence-corrected chi connectivity index (χ3v) is 7.68. The fourth-order valence-electron chi connectivity index (χ4n) is 5.39. The molecule has 44 heavy (non-hydrogen) atoms. The molecule has 0 saturated heterocycles. The molecule has 10 N–H and O–H groups in total. The highest BCUT2D eigenvalue weighted by molar-refractivity contribution is 5.49. The van der Waals surface area contributed by atoms with Crippen LogP contribution in [0.4, 0.5) is 0 Å². The summed E-state index contributed by atoms with van der Waals surface area (Å²) in [4.78, 5) is 0. The molecule has 0 spiro atoms. The van der Waals surface area contributed by atoms with Crippen LogP contribution in [0, 0.1) is 27.7 Å². The van der Waals surface area contributed by atoms with Crippen molar-refractivity contribution in [3.05, 3.63) is 115 Å². The first-order valence-corrected chi connectivity index (χ1v) is 14.4. The van der Waals surface area contributed by atoms with Crippen molar-refractivity contribution >= 4 is 0 Å². The maximum absolute atomic E-state index is 10.0. The minimum absolute atomic E-state index is 0. The van der Waals surface area contributed by atoms with Crippen molar-refractivity contribution in [2.45, 2.75) is 80.4 Å². The second-order valence-corrected chi connectivity index (χ2v) is 11.1. The fourth-order valence-corrected chi connectivity index (χ4v) is 5.39. The van der Waals surface area contributed by atoms with E-state index in [9.17, 15) is 30.6 Å². The van der Waals surface area contributed by atoms with Crippen LogP contribution in [0.15, 0.2) is 48.5 Å². The zero-order chi connectivity index (χ0) is 31.1. The van der Waals surface area contributed by atoms with Crippen LogP contribution in [0.2, 0.25) is 0 Å². The van der Waals surface area contributed by atoms with E-state index in [1.165, 1.54) is 11.1 Å². The van der Waals surface area contributed by atoms with Crippen molar-refractivity contribution in [1.82, 2.24) is 0 Å². The summed E-state index contributed by atoms with van der Waals surface area (Å²) in [6.07, 6.45) is 3.08. The number of phenolic OH excluding ortho intramolecular Hbond substituents is 2. The van der Waals surface area contributed by atoms with Crippen molar-refractivity contribution < 1.29 is 43.0 Å². The summed E-state index contributed by atoms with van der Waals surface area (Å²) in [5.74, 6) is 1.08. The monoisotopic (exact) mass is 609 g/mol. The normalized spacial score (nSPS) is 10.4. The SMILES string of the molecule is CCc1cc(Cc2cc(C)c(O)c(CC)c2)cc(C)c1O.Cc1cc(Cc2cc(C)c(O)c(CO)c2)cc(CO)c1O.O.O.[H+]. The zero-order valence-electron chi connectivity index (χ0n) is 27.5. The molecule has 240 valence electrons. The van der Waals surface area contributed by atoms with Gasteiger partial charge in [0.2, 0.25) is 0 Å². The van der Waals surface area contributed by atoms with Gasteiger partial charge in [0.05, 0.1) is 13.2 Å². The summed E-state index contributed by atoms with van der Waals surface area (Å²) in [6, 6.07) is 15.5. The lowest BCUT2D eigenvalue weighted by Gasteiger charge is -2.12. The van der Waals surface area contributed by atoms with Crippen molar-refractivity contribution in [2.75, 3.05) is 0 Å². The Labute approximate surface area is 261 Å². The molecule has 0 atom stereocenters. The fraction of sp³-hybridized carbons (Fsp3) is 0.333. The molecule has 0 saturated carbocycles. The lowest BCUT2D eigenvalue weighted by atomic mass is 9.95. The summed E-state index contributed by atoms with van der Waals surface area (Å²) >= 11 is 0.